The highest BCUT2D eigenvalue weighted by atomic mass is 16.7. The van der Waals surface area contributed by atoms with Crippen LogP contribution >= 0.6 is 0 Å². The fourth-order valence-corrected chi connectivity index (χ4v) is 14.6. The minimum Gasteiger partial charge on any atom is -0.393 e. The quantitative estimate of drug-likeness (QED) is 0.180. The molecule has 0 aromatic rings. The zero-order valence-corrected chi connectivity index (χ0v) is 32.6. The van der Waals surface area contributed by atoms with E-state index in [0.29, 0.717) is 32.3 Å². The summed E-state index contributed by atoms with van der Waals surface area (Å²) in [5.41, 5.74) is -2.76. The first-order valence-electron chi connectivity index (χ1n) is 20.2. The lowest BCUT2D eigenvalue weighted by Gasteiger charge is -2.65. The molecule has 8 fully saturated rings. The van der Waals surface area contributed by atoms with Crippen molar-refractivity contribution in [2.75, 3.05) is 19.8 Å². The van der Waals surface area contributed by atoms with Crippen LogP contribution in [0.1, 0.15) is 99.8 Å². The van der Waals surface area contributed by atoms with Crippen LogP contribution in [-0.4, -0.2) is 139 Å². The molecule has 5 saturated carbocycles. The molecule has 0 radical (unpaired) electrons. The maximum Gasteiger partial charge on any atom is 0.186 e. The van der Waals surface area contributed by atoms with Crippen molar-refractivity contribution in [3.05, 3.63) is 0 Å². The Labute approximate surface area is 313 Å². The lowest BCUT2D eigenvalue weighted by Crippen LogP contribution is -2.64. The summed E-state index contributed by atoms with van der Waals surface area (Å²) in [4.78, 5) is 0. The third-order valence-electron chi connectivity index (χ3n) is 17.4. The van der Waals surface area contributed by atoms with Crippen LogP contribution in [-0.2, 0) is 23.7 Å². The first-order chi connectivity index (χ1) is 24.6. The Balaban J connectivity index is 1.14. The van der Waals surface area contributed by atoms with Crippen LogP contribution in [0.4, 0.5) is 0 Å². The molecule has 2 spiro atoms. The summed E-state index contributed by atoms with van der Waals surface area (Å²) >= 11 is 0. The van der Waals surface area contributed by atoms with Crippen molar-refractivity contribution in [1.82, 2.24) is 0 Å². The largest absolute Gasteiger partial charge is 0.393 e. The molecule has 8 N–H and O–H groups in total. The number of rotatable bonds is 6. The Hall–Kier alpha value is -0.520. The van der Waals surface area contributed by atoms with Crippen molar-refractivity contribution >= 4 is 0 Å². The summed E-state index contributed by atoms with van der Waals surface area (Å²) < 4.78 is 31.6. The Kier molecular flexibility index (Phi) is 9.27. The van der Waals surface area contributed by atoms with E-state index in [1.54, 1.807) is 0 Å². The summed E-state index contributed by atoms with van der Waals surface area (Å²) in [6.07, 6.45) is -5.45. The lowest BCUT2D eigenvalue weighted by molar-refractivity contribution is -0.326. The monoisotopic (exact) mass is 754 g/mol. The highest BCUT2D eigenvalue weighted by Crippen LogP contribution is 2.89. The minimum atomic E-state index is -1.45. The van der Waals surface area contributed by atoms with Gasteiger partial charge in [-0.3, -0.25) is 0 Å². The molecular formula is C40H66O13. The van der Waals surface area contributed by atoms with E-state index >= 15 is 0 Å². The summed E-state index contributed by atoms with van der Waals surface area (Å²) in [5.74, 6) is -0.0874. The van der Waals surface area contributed by atoms with E-state index in [-0.39, 0.29) is 58.5 Å². The molecule has 13 heteroatoms. The van der Waals surface area contributed by atoms with Gasteiger partial charge in [0, 0.05) is 11.8 Å². The zero-order chi connectivity index (χ0) is 38.5. The number of ether oxygens (including phenoxy) is 5. The van der Waals surface area contributed by atoms with Gasteiger partial charge >= 0.3 is 0 Å². The minimum absolute atomic E-state index is 0.0153. The normalized spacial score (nSPS) is 59.0. The van der Waals surface area contributed by atoms with Gasteiger partial charge < -0.3 is 64.5 Å². The number of aliphatic hydroxyl groups is 8. The molecule has 8 aliphatic rings. The fourth-order valence-electron chi connectivity index (χ4n) is 14.6. The molecule has 20 atom stereocenters. The van der Waals surface area contributed by atoms with Gasteiger partial charge in [-0.15, -0.1) is 0 Å². The lowest BCUT2D eigenvalue weighted by atomic mass is 9.41. The average Bonchev–Trinajstić information content (AvgIpc) is 3.44. The van der Waals surface area contributed by atoms with E-state index < -0.39 is 84.1 Å². The maximum atomic E-state index is 12.2. The van der Waals surface area contributed by atoms with Gasteiger partial charge in [0.15, 0.2) is 12.6 Å². The predicted molar refractivity (Wildman–Crippen MR) is 188 cm³/mol. The molecule has 3 aliphatic heterocycles. The second-order valence-electron chi connectivity index (χ2n) is 20.7. The van der Waals surface area contributed by atoms with Crippen molar-refractivity contribution in [1.29, 1.82) is 0 Å². The Bertz CT molecular complexity index is 1410. The van der Waals surface area contributed by atoms with E-state index in [1.807, 2.05) is 13.8 Å². The number of hydrogen-bond donors (Lipinski definition) is 8. The zero-order valence-electron chi connectivity index (χ0n) is 32.6. The highest BCUT2D eigenvalue weighted by molar-refractivity contribution is 5.33. The van der Waals surface area contributed by atoms with Crippen molar-refractivity contribution in [2.24, 2.45) is 50.7 Å². The molecule has 0 aromatic carbocycles. The van der Waals surface area contributed by atoms with Crippen LogP contribution in [0.25, 0.3) is 0 Å². The van der Waals surface area contributed by atoms with Gasteiger partial charge in [-0.25, -0.2) is 0 Å². The van der Waals surface area contributed by atoms with Crippen LogP contribution in [0, 0.1) is 50.7 Å². The van der Waals surface area contributed by atoms with Crippen LogP contribution < -0.4 is 0 Å². The molecule has 3 heterocycles. The number of hydrogen-bond acceptors (Lipinski definition) is 13. The predicted octanol–water partition coefficient (Wildman–Crippen LogP) is 1.22. The van der Waals surface area contributed by atoms with Crippen LogP contribution in [0.15, 0.2) is 0 Å². The van der Waals surface area contributed by atoms with Gasteiger partial charge in [-0.05, 0) is 111 Å². The molecule has 3 saturated heterocycles. The molecular weight excluding hydrogens is 688 g/mol. The molecule has 53 heavy (non-hydrogen) atoms. The Morgan fingerprint density at radius 2 is 1.25 bits per heavy atom. The summed E-state index contributed by atoms with van der Waals surface area (Å²) in [5, 5.41) is 86.5. The van der Waals surface area contributed by atoms with Gasteiger partial charge in [0.2, 0.25) is 0 Å². The maximum absolute atomic E-state index is 12.2. The number of fused-ring (bicyclic) bond motifs is 2. The van der Waals surface area contributed by atoms with E-state index in [1.165, 1.54) is 0 Å². The van der Waals surface area contributed by atoms with E-state index in [0.717, 1.165) is 25.7 Å². The van der Waals surface area contributed by atoms with Crippen LogP contribution in [0.2, 0.25) is 0 Å². The van der Waals surface area contributed by atoms with Gasteiger partial charge in [-0.1, -0.05) is 27.7 Å². The third-order valence-corrected chi connectivity index (χ3v) is 17.4. The first kappa shape index (κ1) is 39.3. The van der Waals surface area contributed by atoms with Crippen LogP contribution in [0.3, 0.4) is 0 Å². The smallest absolute Gasteiger partial charge is 0.186 e. The highest BCUT2D eigenvalue weighted by Gasteiger charge is 2.85. The molecule has 0 aromatic heterocycles. The van der Waals surface area contributed by atoms with Crippen molar-refractivity contribution in [3.63, 3.8) is 0 Å². The van der Waals surface area contributed by atoms with E-state index in [9.17, 15) is 40.9 Å². The molecule has 0 amide bonds. The fraction of sp³-hybridized carbons (Fsp3) is 1.00. The van der Waals surface area contributed by atoms with Gasteiger partial charge in [0.05, 0.1) is 49.3 Å². The summed E-state index contributed by atoms with van der Waals surface area (Å²) in [7, 11) is 0. The van der Waals surface area contributed by atoms with E-state index in [2.05, 4.69) is 34.6 Å². The number of aliphatic hydroxyl groups excluding tert-OH is 7. The topological polar surface area (TPSA) is 208 Å². The molecule has 0 unspecified atom stereocenters. The average molecular weight is 755 g/mol. The van der Waals surface area contributed by atoms with Crippen molar-refractivity contribution < 1.29 is 64.5 Å². The van der Waals surface area contributed by atoms with Gasteiger partial charge in [0.25, 0.3) is 0 Å². The molecule has 0 bridgehead atoms. The SMILES string of the molecule is CC(C)(O)[C@H]1CO[C@](C)([C@@H]2[C@H](O)C[C@@]3(C)[C@@H]4C[C@@H](O[C@H]5OC[C@@H](O)[C@H](O)[C@@H]5O)[C@@H]5C(C)(C)[C@H](O[C@H]6OC[C@@H](O)[C@@H](O)[C@H]6O)CC[C@@]56C[C@@]46CC[C@@]23C)C1. The van der Waals surface area contributed by atoms with Gasteiger partial charge in [0.1, 0.15) is 36.6 Å². The van der Waals surface area contributed by atoms with Gasteiger partial charge in [-0.2, -0.15) is 0 Å². The Morgan fingerprint density at radius 3 is 1.83 bits per heavy atom. The second kappa shape index (κ2) is 12.5. The summed E-state index contributed by atoms with van der Waals surface area (Å²) in [6, 6.07) is 0. The van der Waals surface area contributed by atoms with E-state index in [4.69, 9.17) is 23.7 Å². The molecule has 5 aliphatic carbocycles. The summed E-state index contributed by atoms with van der Waals surface area (Å²) in [6.45, 7) is 15.0. The second-order valence-corrected chi connectivity index (χ2v) is 20.7. The van der Waals surface area contributed by atoms with Crippen molar-refractivity contribution in [3.8, 4) is 0 Å². The third kappa shape index (κ3) is 5.42. The molecule has 13 nitrogen and oxygen atoms in total. The van der Waals surface area contributed by atoms with Crippen molar-refractivity contribution in [2.45, 2.75) is 179 Å². The first-order valence-corrected chi connectivity index (χ1v) is 20.2. The molecule has 304 valence electrons. The molecule has 8 rings (SSSR count). The standard InChI is InChI=1S/C40H66O13/c1-34(2)25(53-33-29(47)27(45)22(43)17-50-33)8-9-40-18-39(40)11-10-36(5)30(38(7)13-19(15-51-38)35(3,4)48)20(41)14-37(36,6)24(39)12-23(31(34)40)52-32-28(46)26(44)21(42)16-49-32/h19-33,41-48H,8-18H2,1-7H3/t19-,20-,21-,22-,23-,24+,25-,26+,27-,28+,29-,30-,31-,32-,33-,36+,37+,38+,39+,40-/m1/s1. The van der Waals surface area contributed by atoms with Crippen LogP contribution in [0.5, 0.6) is 0 Å². The Morgan fingerprint density at radius 1 is 0.642 bits per heavy atom.